The molecule has 2 N–H and O–H groups in total. The molecule has 1 atom stereocenters. The Morgan fingerprint density at radius 3 is 2.42 bits per heavy atom. The third-order valence-corrected chi connectivity index (χ3v) is 4.42. The Kier molecular flexibility index (Phi) is 6.79. The molecular weight excluding hydrogens is 324 g/mol. The van der Waals surface area contributed by atoms with Crippen LogP contribution < -0.4 is 5.73 Å². The molecule has 3 aromatic rings. The van der Waals surface area contributed by atoms with E-state index in [4.69, 9.17) is 10.5 Å². The molecule has 0 spiro atoms. The van der Waals surface area contributed by atoms with Crippen LogP contribution in [0.4, 0.5) is 5.69 Å². The zero-order chi connectivity index (χ0) is 18.0. The Morgan fingerprint density at radius 1 is 0.923 bits per heavy atom. The van der Waals surface area contributed by atoms with E-state index in [-0.39, 0.29) is 6.10 Å². The molecule has 1 aromatic carbocycles. The van der Waals surface area contributed by atoms with Crippen LogP contribution in [0, 0.1) is 0 Å². The quantitative estimate of drug-likeness (QED) is 0.449. The first-order chi connectivity index (χ1) is 12.8. The standard InChI is InChI=1S/C21H26N4O/c22-20-6-3-18(4-7-20)2-1-15-26-21(16-25-14-13-24-17-25)8-5-19-9-11-23-12-10-19/h3-4,6-7,9-14,17,21H,1-2,5,8,15-16,22H2. The average molecular weight is 350 g/mol. The van der Waals surface area contributed by atoms with E-state index >= 15 is 0 Å². The van der Waals surface area contributed by atoms with Gasteiger partial charge in [-0.1, -0.05) is 12.1 Å². The van der Waals surface area contributed by atoms with Crippen LogP contribution in [0.5, 0.6) is 0 Å². The number of hydrogen-bond donors (Lipinski definition) is 1. The maximum absolute atomic E-state index is 6.19. The van der Waals surface area contributed by atoms with Gasteiger partial charge in [0.25, 0.3) is 0 Å². The van der Waals surface area contributed by atoms with Gasteiger partial charge in [-0.3, -0.25) is 4.98 Å². The topological polar surface area (TPSA) is 66.0 Å². The summed E-state index contributed by atoms with van der Waals surface area (Å²) in [4.78, 5) is 8.20. The smallest absolute Gasteiger partial charge is 0.0946 e. The molecule has 136 valence electrons. The van der Waals surface area contributed by atoms with Crippen LogP contribution in [0.25, 0.3) is 0 Å². The highest BCUT2D eigenvalue weighted by Gasteiger charge is 2.10. The molecule has 0 bridgehead atoms. The maximum atomic E-state index is 6.19. The number of aromatic nitrogens is 3. The monoisotopic (exact) mass is 350 g/mol. The lowest BCUT2D eigenvalue weighted by Crippen LogP contribution is -2.21. The Labute approximate surface area is 154 Å². The van der Waals surface area contributed by atoms with Gasteiger partial charge in [-0.05, 0) is 61.1 Å². The van der Waals surface area contributed by atoms with Crippen LogP contribution in [0.1, 0.15) is 24.0 Å². The fourth-order valence-corrected chi connectivity index (χ4v) is 2.94. The van der Waals surface area contributed by atoms with Crippen molar-refractivity contribution in [3.8, 4) is 0 Å². The largest absolute Gasteiger partial charge is 0.399 e. The first kappa shape index (κ1) is 18.1. The van der Waals surface area contributed by atoms with E-state index in [1.165, 1.54) is 11.1 Å². The summed E-state index contributed by atoms with van der Waals surface area (Å²) in [5.41, 5.74) is 9.13. The number of ether oxygens (including phenoxy) is 1. The number of aryl methyl sites for hydroxylation is 2. The Hall–Kier alpha value is -2.66. The van der Waals surface area contributed by atoms with Gasteiger partial charge >= 0.3 is 0 Å². The molecular formula is C21H26N4O. The highest BCUT2D eigenvalue weighted by Crippen LogP contribution is 2.12. The summed E-state index contributed by atoms with van der Waals surface area (Å²) in [6.07, 6.45) is 13.5. The highest BCUT2D eigenvalue weighted by molar-refractivity contribution is 5.39. The van der Waals surface area contributed by atoms with Crippen LogP contribution in [0.2, 0.25) is 0 Å². The van der Waals surface area contributed by atoms with Crippen LogP contribution in [-0.4, -0.2) is 27.2 Å². The van der Waals surface area contributed by atoms with Gasteiger partial charge < -0.3 is 15.0 Å². The van der Waals surface area contributed by atoms with Gasteiger partial charge in [0, 0.05) is 43.6 Å². The SMILES string of the molecule is Nc1ccc(CCCOC(CCc2ccncc2)Cn2ccnc2)cc1. The van der Waals surface area contributed by atoms with Gasteiger partial charge in [0.1, 0.15) is 0 Å². The fourth-order valence-electron chi connectivity index (χ4n) is 2.94. The van der Waals surface area contributed by atoms with Crippen molar-refractivity contribution >= 4 is 5.69 Å². The molecule has 2 heterocycles. The van der Waals surface area contributed by atoms with Gasteiger partial charge in [0.05, 0.1) is 12.4 Å². The molecule has 0 fully saturated rings. The highest BCUT2D eigenvalue weighted by atomic mass is 16.5. The number of rotatable bonds is 10. The second-order valence-electron chi connectivity index (χ2n) is 6.49. The average Bonchev–Trinajstić information content (AvgIpc) is 3.18. The predicted molar refractivity (Wildman–Crippen MR) is 104 cm³/mol. The second kappa shape index (κ2) is 9.73. The summed E-state index contributed by atoms with van der Waals surface area (Å²) in [7, 11) is 0. The zero-order valence-corrected chi connectivity index (χ0v) is 15.0. The minimum atomic E-state index is 0.170. The van der Waals surface area contributed by atoms with Crippen molar-refractivity contribution in [1.29, 1.82) is 0 Å². The van der Waals surface area contributed by atoms with E-state index in [2.05, 4.69) is 38.8 Å². The second-order valence-corrected chi connectivity index (χ2v) is 6.49. The van der Waals surface area contributed by atoms with Gasteiger partial charge in [-0.2, -0.15) is 0 Å². The minimum Gasteiger partial charge on any atom is -0.399 e. The molecule has 0 radical (unpaired) electrons. The summed E-state index contributed by atoms with van der Waals surface area (Å²) in [6.45, 7) is 1.58. The van der Waals surface area contributed by atoms with E-state index in [0.717, 1.165) is 44.5 Å². The Bertz CT molecular complexity index is 741. The van der Waals surface area contributed by atoms with Crippen molar-refractivity contribution in [1.82, 2.24) is 14.5 Å². The summed E-state index contributed by atoms with van der Waals surface area (Å²) in [5.74, 6) is 0. The molecule has 0 aliphatic carbocycles. The van der Waals surface area contributed by atoms with Crippen LogP contribution in [0.15, 0.2) is 67.5 Å². The van der Waals surface area contributed by atoms with Crippen molar-refractivity contribution in [2.24, 2.45) is 0 Å². The molecule has 5 heteroatoms. The predicted octanol–water partition coefficient (Wildman–Crippen LogP) is 3.51. The number of nitrogens with two attached hydrogens (primary N) is 1. The molecule has 26 heavy (non-hydrogen) atoms. The molecule has 0 saturated carbocycles. The third-order valence-electron chi connectivity index (χ3n) is 4.42. The van der Waals surface area contributed by atoms with E-state index in [1.54, 1.807) is 6.20 Å². The van der Waals surface area contributed by atoms with E-state index < -0.39 is 0 Å². The number of anilines is 1. The molecule has 0 aliphatic heterocycles. The van der Waals surface area contributed by atoms with E-state index in [1.807, 2.05) is 37.1 Å². The summed E-state index contributed by atoms with van der Waals surface area (Å²) in [5, 5.41) is 0. The van der Waals surface area contributed by atoms with E-state index in [9.17, 15) is 0 Å². The minimum absolute atomic E-state index is 0.170. The summed E-state index contributed by atoms with van der Waals surface area (Å²) < 4.78 is 8.27. The first-order valence-corrected chi connectivity index (χ1v) is 9.10. The number of nitrogen functional groups attached to an aromatic ring is 1. The van der Waals surface area contributed by atoms with Crippen molar-refractivity contribution in [3.05, 3.63) is 78.6 Å². The first-order valence-electron chi connectivity index (χ1n) is 9.10. The molecule has 3 rings (SSSR count). The van der Waals surface area contributed by atoms with Crippen LogP contribution >= 0.6 is 0 Å². The molecule has 0 saturated heterocycles. The normalized spacial score (nSPS) is 12.2. The van der Waals surface area contributed by atoms with Crippen molar-refractivity contribution in [2.75, 3.05) is 12.3 Å². The maximum Gasteiger partial charge on any atom is 0.0946 e. The Morgan fingerprint density at radius 2 is 1.69 bits per heavy atom. The number of imidazole rings is 1. The Balaban J connectivity index is 1.47. The molecule has 0 amide bonds. The van der Waals surface area contributed by atoms with Gasteiger partial charge in [-0.25, -0.2) is 4.98 Å². The summed E-state index contributed by atoms with van der Waals surface area (Å²) >= 11 is 0. The summed E-state index contributed by atoms with van der Waals surface area (Å²) in [6, 6.07) is 12.2. The molecule has 5 nitrogen and oxygen atoms in total. The van der Waals surface area contributed by atoms with Crippen LogP contribution in [0.3, 0.4) is 0 Å². The molecule has 0 aliphatic rings. The lowest BCUT2D eigenvalue weighted by Gasteiger charge is -2.18. The van der Waals surface area contributed by atoms with Gasteiger partial charge in [0.2, 0.25) is 0 Å². The molecule has 1 unspecified atom stereocenters. The van der Waals surface area contributed by atoms with E-state index in [0.29, 0.717) is 0 Å². The lowest BCUT2D eigenvalue weighted by molar-refractivity contribution is 0.0346. The van der Waals surface area contributed by atoms with Gasteiger partial charge in [0.15, 0.2) is 0 Å². The number of pyridine rings is 1. The fraction of sp³-hybridized carbons (Fsp3) is 0.333. The number of benzene rings is 1. The van der Waals surface area contributed by atoms with Crippen LogP contribution in [-0.2, 0) is 24.1 Å². The number of nitrogens with zero attached hydrogens (tertiary/aromatic N) is 3. The van der Waals surface area contributed by atoms with Crippen molar-refractivity contribution in [2.45, 2.75) is 38.3 Å². The van der Waals surface area contributed by atoms with Gasteiger partial charge in [-0.15, -0.1) is 0 Å². The lowest BCUT2D eigenvalue weighted by atomic mass is 10.1. The third kappa shape index (κ3) is 6.01. The number of hydrogen-bond acceptors (Lipinski definition) is 4. The molecule has 2 aromatic heterocycles. The van der Waals surface area contributed by atoms with Crippen molar-refractivity contribution < 1.29 is 4.74 Å². The zero-order valence-electron chi connectivity index (χ0n) is 15.0. The van der Waals surface area contributed by atoms with Crippen molar-refractivity contribution in [3.63, 3.8) is 0 Å².